The topological polar surface area (TPSA) is 37.9 Å². The lowest BCUT2D eigenvalue weighted by atomic mass is 10.0. The van der Waals surface area contributed by atoms with Crippen molar-refractivity contribution in [2.75, 3.05) is 7.11 Å². The summed E-state index contributed by atoms with van der Waals surface area (Å²) in [4.78, 5) is 7.86. The van der Waals surface area contributed by atoms with Gasteiger partial charge in [0.1, 0.15) is 16.2 Å². The summed E-state index contributed by atoms with van der Waals surface area (Å²) in [5, 5.41) is 0. The van der Waals surface area contributed by atoms with E-state index in [4.69, 9.17) is 17.0 Å². The zero-order valence-electron chi connectivity index (χ0n) is 12.0. The Labute approximate surface area is 132 Å². The highest BCUT2D eigenvalue weighted by Crippen LogP contribution is 2.30. The van der Waals surface area contributed by atoms with Gasteiger partial charge >= 0.3 is 0 Å². The molecule has 0 aliphatic rings. The van der Waals surface area contributed by atoms with Gasteiger partial charge in [-0.15, -0.1) is 0 Å². The minimum atomic E-state index is 0.364. The molecule has 0 radical (unpaired) electrons. The molecule has 0 saturated carbocycles. The van der Waals surface area contributed by atoms with Crippen LogP contribution in [0.3, 0.4) is 0 Å². The zero-order valence-corrected chi connectivity index (χ0v) is 14.4. The fourth-order valence-electron chi connectivity index (χ4n) is 2.23. The van der Waals surface area contributed by atoms with E-state index in [1.807, 2.05) is 25.1 Å². The highest BCUT2D eigenvalue weighted by molar-refractivity contribution is 9.10. The number of H-pyrrole nitrogens is 1. The minimum Gasteiger partial charge on any atom is -0.496 e. The quantitative estimate of drug-likeness (QED) is 0.789. The summed E-state index contributed by atoms with van der Waals surface area (Å²) in [6, 6.07) is 5.84. The third kappa shape index (κ3) is 2.94. The second kappa shape index (κ2) is 6.06. The standard InChI is InChI=1S/C15H17BrN2OS/c1-8(2)13-9(3)17-14(18-15(13)20)10-5-6-12(19-4)11(16)7-10/h5-8H,1-4H3,(H,17,18,20). The molecule has 0 amide bonds. The van der Waals surface area contributed by atoms with Gasteiger partial charge in [-0.25, -0.2) is 4.98 Å². The number of methoxy groups -OCH3 is 1. The number of ether oxygens (including phenoxy) is 1. The van der Waals surface area contributed by atoms with E-state index >= 15 is 0 Å². The molecule has 0 unspecified atom stereocenters. The first kappa shape index (κ1) is 15.2. The molecule has 1 aromatic carbocycles. The van der Waals surface area contributed by atoms with Crippen LogP contribution in [-0.2, 0) is 0 Å². The maximum Gasteiger partial charge on any atom is 0.139 e. The first-order valence-corrected chi connectivity index (χ1v) is 7.59. The summed E-state index contributed by atoms with van der Waals surface area (Å²) in [7, 11) is 1.65. The number of hydrogen-bond acceptors (Lipinski definition) is 3. The predicted octanol–water partition coefficient (Wildman–Crippen LogP) is 5.01. The first-order chi connectivity index (χ1) is 9.43. The van der Waals surface area contributed by atoms with E-state index in [1.165, 1.54) is 0 Å². The van der Waals surface area contributed by atoms with E-state index in [9.17, 15) is 0 Å². The Balaban J connectivity index is 2.54. The van der Waals surface area contributed by atoms with Crippen molar-refractivity contribution in [3.05, 3.63) is 38.6 Å². The second-order valence-electron chi connectivity index (χ2n) is 4.93. The lowest BCUT2D eigenvalue weighted by molar-refractivity contribution is 0.412. The number of aryl methyl sites for hydroxylation is 1. The second-order valence-corrected chi connectivity index (χ2v) is 6.17. The van der Waals surface area contributed by atoms with Gasteiger partial charge < -0.3 is 9.72 Å². The summed E-state index contributed by atoms with van der Waals surface area (Å²) in [6.07, 6.45) is 0. The molecule has 0 saturated heterocycles. The third-order valence-electron chi connectivity index (χ3n) is 3.16. The largest absolute Gasteiger partial charge is 0.496 e. The molecule has 1 heterocycles. The molecule has 1 aromatic heterocycles. The number of aromatic nitrogens is 2. The van der Waals surface area contributed by atoms with Crippen molar-refractivity contribution in [3.63, 3.8) is 0 Å². The monoisotopic (exact) mass is 352 g/mol. The highest BCUT2D eigenvalue weighted by atomic mass is 79.9. The molecule has 2 aromatic rings. The number of aromatic amines is 1. The highest BCUT2D eigenvalue weighted by Gasteiger charge is 2.11. The fraction of sp³-hybridized carbons (Fsp3) is 0.333. The number of nitrogens with zero attached hydrogens (tertiary/aromatic N) is 1. The maximum atomic E-state index is 5.42. The molecule has 0 aliphatic heterocycles. The Morgan fingerprint density at radius 3 is 2.55 bits per heavy atom. The molecule has 3 nitrogen and oxygen atoms in total. The molecule has 2 rings (SSSR count). The van der Waals surface area contributed by atoms with Gasteiger partial charge in [-0.05, 0) is 47.0 Å². The van der Waals surface area contributed by atoms with Crippen LogP contribution in [0.4, 0.5) is 0 Å². The lowest BCUT2D eigenvalue weighted by Gasteiger charge is -2.12. The minimum absolute atomic E-state index is 0.364. The van der Waals surface area contributed by atoms with Crippen molar-refractivity contribution in [2.45, 2.75) is 26.7 Å². The number of benzene rings is 1. The lowest BCUT2D eigenvalue weighted by Crippen LogP contribution is -2.01. The van der Waals surface area contributed by atoms with Crippen molar-refractivity contribution in [3.8, 4) is 17.1 Å². The van der Waals surface area contributed by atoms with E-state index in [0.717, 1.165) is 32.9 Å². The number of halogens is 1. The number of nitrogens with one attached hydrogen (secondary N) is 1. The molecular formula is C15H17BrN2OS. The molecule has 0 spiro atoms. The fourth-order valence-corrected chi connectivity index (χ4v) is 3.25. The first-order valence-electron chi connectivity index (χ1n) is 6.38. The normalized spacial score (nSPS) is 10.9. The van der Waals surface area contributed by atoms with Gasteiger partial charge in [-0.2, -0.15) is 0 Å². The molecule has 0 bridgehead atoms. The van der Waals surface area contributed by atoms with Gasteiger partial charge in [0, 0.05) is 16.8 Å². The Morgan fingerprint density at radius 1 is 1.35 bits per heavy atom. The molecule has 0 atom stereocenters. The Kier molecular flexibility index (Phi) is 4.60. The van der Waals surface area contributed by atoms with E-state index in [-0.39, 0.29) is 0 Å². The molecule has 106 valence electrons. The van der Waals surface area contributed by atoms with E-state index in [1.54, 1.807) is 7.11 Å². The summed E-state index contributed by atoms with van der Waals surface area (Å²) in [6.45, 7) is 6.28. The van der Waals surface area contributed by atoms with Crippen molar-refractivity contribution < 1.29 is 4.74 Å². The van der Waals surface area contributed by atoms with Crippen molar-refractivity contribution in [1.29, 1.82) is 0 Å². The van der Waals surface area contributed by atoms with Crippen LogP contribution in [0.5, 0.6) is 5.75 Å². The molecule has 0 aliphatic carbocycles. The Morgan fingerprint density at radius 2 is 2.05 bits per heavy atom. The van der Waals surface area contributed by atoms with Gasteiger partial charge in [-0.3, -0.25) is 0 Å². The summed E-state index contributed by atoms with van der Waals surface area (Å²) >= 11 is 8.90. The maximum absolute atomic E-state index is 5.42. The van der Waals surface area contributed by atoms with Crippen molar-refractivity contribution in [2.24, 2.45) is 0 Å². The van der Waals surface area contributed by atoms with Crippen LogP contribution >= 0.6 is 28.1 Å². The van der Waals surface area contributed by atoms with Crippen molar-refractivity contribution in [1.82, 2.24) is 9.97 Å². The van der Waals surface area contributed by atoms with Crippen LogP contribution in [0, 0.1) is 11.6 Å². The van der Waals surface area contributed by atoms with Gasteiger partial charge in [-0.1, -0.05) is 26.1 Å². The van der Waals surface area contributed by atoms with Crippen LogP contribution in [0.15, 0.2) is 22.7 Å². The van der Waals surface area contributed by atoms with Gasteiger partial charge in [0.25, 0.3) is 0 Å². The van der Waals surface area contributed by atoms with Gasteiger partial charge in [0.15, 0.2) is 0 Å². The molecule has 0 fully saturated rings. The van der Waals surface area contributed by atoms with Crippen molar-refractivity contribution >= 4 is 28.1 Å². The molecule has 5 heteroatoms. The van der Waals surface area contributed by atoms with Crippen LogP contribution in [0.25, 0.3) is 11.4 Å². The summed E-state index contributed by atoms with van der Waals surface area (Å²) in [5.74, 6) is 1.94. The predicted molar refractivity (Wildman–Crippen MR) is 87.9 cm³/mol. The SMILES string of the molecule is COc1ccc(-c2nc(=S)c(C(C)C)c(C)[nH]2)cc1Br. The van der Waals surface area contributed by atoms with Crippen LogP contribution in [0.2, 0.25) is 0 Å². The average molecular weight is 353 g/mol. The Hall–Kier alpha value is -1.20. The van der Waals surface area contributed by atoms with Crippen LogP contribution < -0.4 is 4.74 Å². The zero-order chi connectivity index (χ0) is 14.9. The smallest absolute Gasteiger partial charge is 0.139 e. The van der Waals surface area contributed by atoms with Gasteiger partial charge in [0.2, 0.25) is 0 Å². The molecular weight excluding hydrogens is 336 g/mol. The number of hydrogen-bond donors (Lipinski definition) is 1. The molecule has 20 heavy (non-hydrogen) atoms. The van der Waals surface area contributed by atoms with E-state index in [2.05, 4.69) is 39.7 Å². The van der Waals surface area contributed by atoms with E-state index in [0.29, 0.717) is 10.6 Å². The third-order valence-corrected chi connectivity index (χ3v) is 4.09. The number of rotatable bonds is 3. The molecule has 1 N–H and O–H groups in total. The summed E-state index contributed by atoms with van der Waals surface area (Å²) in [5.41, 5.74) is 3.15. The average Bonchev–Trinajstić information content (AvgIpc) is 2.37. The van der Waals surface area contributed by atoms with Crippen LogP contribution in [-0.4, -0.2) is 17.1 Å². The van der Waals surface area contributed by atoms with Crippen LogP contribution in [0.1, 0.15) is 31.0 Å². The Bertz CT molecular complexity index is 695. The van der Waals surface area contributed by atoms with E-state index < -0.39 is 0 Å². The summed E-state index contributed by atoms with van der Waals surface area (Å²) < 4.78 is 6.79. The van der Waals surface area contributed by atoms with Gasteiger partial charge in [0.05, 0.1) is 11.6 Å².